The zero-order valence-corrected chi connectivity index (χ0v) is 15.1. The van der Waals surface area contributed by atoms with Crippen molar-refractivity contribution >= 4 is 5.91 Å². The first kappa shape index (κ1) is 18.6. The zero-order valence-electron chi connectivity index (χ0n) is 15.1. The maximum absolute atomic E-state index is 12.2. The van der Waals surface area contributed by atoms with Crippen LogP contribution >= 0.6 is 0 Å². The summed E-state index contributed by atoms with van der Waals surface area (Å²) in [4.78, 5) is 12.2. The van der Waals surface area contributed by atoms with Crippen LogP contribution in [0.2, 0.25) is 0 Å². The molecular formula is C22H27NO3. The van der Waals surface area contributed by atoms with Crippen LogP contribution in [0.15, 0.2) is 54.6 Å². The summed E-state index contributed by atoms with van der Waals surface area (Å²) in [6.07, 6.45) is 2.77. The first-order valence-electron chi connectivity index (χ1n) is 9.30. The Morgan fingerprint density at radius 3 is 2.31 bits per heavy atom. The maximum atomic E-state index is 12.2. The van der Waals surface area contributed by atoms with Crippen molar-refractivity contribution in [2.24, 2.45) is 5.41 Å². The van der Waals surface area contributed by atoms with E-state index < -0.39 is 0 Å². The Morgan fingerprint density at radius 1 is 1.00 bits per heavy atom. The van der Waals surface area contributed by atoms with Gasteiger partial charge in [-0.05, 0) is 36.0 Å². The highest BCUT2D eigenvalue weighted by atomic mass is 16.5. The summed E-state index contributed by atoms with van der Waals surface area (Å²) >= 11 is 0. The van der Waals surface area contributed by atoms with Crippen molar-refractivity contribution in [1.29, 1.82) is 0 Å². The molecule has 3 rings (SSSR count). The van der Waals surface area contributed by atoms with E-state index in [1.807, 2.05) is 18.2 Å². The average Bonchev–Trinajstić information content (AvgIpc) is 2.72. The molecule has 0 saturated carbocycles. The van der Waals surface area contributed by atoms with Gasteiger partial charge in [0.15, 0.2) is 0 Å². The Hall–Kier alpha value is -2.17. The van der Waals surface area contributed by atoms with Gasteiger partial charge in [-0.15, -0.1) is 0 Å². The van der Waals surface area contributed by atoms with E-state index in [4.69, 9.17) is 4.74 Å². The lowest BCUT2D eigenvalue weighted by molar-refractivity contribution is -0.122. The third-order valence-electron chi connectivity index (χ3n) is 5.25. The standard InChI is InChI=1S/C22H27NO3/c24-17-22(12-14-26-15-13-22)16-23-21(25)11-8-18-6-9-20(10-7-18)19-4-2-1-3-5-19/h1-7,9-10,24H,8,11-17H2,(H,23,25). The minimum Gasteiger partial charge on any atom is -0.396 e. The van der Waals surface area contributed by atoms with Crippen LogP contribution in [0.5, 0.6) is 0 Å². The van der Waals surface area contributed by atoms with Crippen LogP contribution in [0.4, 0.5) is 0 Å². The van der Waals surface area contributed by atoms with E-state index in [2.05, 4.69) is 41.7 Å². The number of rotatable bonds is 7. The Morgan fingerprint density at radius 2 is 1.65 bits per heavy atom. The van der Waals surface area contributed by atoms with Crippen LogP contribution in [0.3, 0.4) is 0 Å². The highest BCUT2D eigenvalue weighted by Crippen LogP contribution is 2.29. The normalized spacial score (nSPS) is 16.2. The van der Waals surface area contributed by atoms with Gasteiger partial charge in [-0.3, -0.25) is 4.79 Å². The quantitative estimate of drug-likeness (QED) is 0.804. The van der Waals surface area contributed by atoms with Crippen LogP contribution in [0.1, 0.15) is 24.8 Å². The number of amides is 1. The number of nitrogens with one attached hydrogen (secondary N) is 1. The molecule has 2 aromatic rings. The second-order valence-electron chi connectivity index (χ2n) is 7.11. The largest absolute Gasteiger partial charge is 0.396 e. The Labute approximate surface area is 155 Å². The Bertz CT molecular complexity index is 691. The van der Waals surface area contributed by atoms with E-state index in [0.717, 1.165) is 24.8 Å². The minimum atomic E-state index is -0.217. The van der Waals surface area contributed by atoms with Crippen molar-refractivity contribution < 1.29 is 14.6 Å². The molecule has 138 valence electrons. The predicted molar refractivity (Wildman–Crippen MR) is 103 cm³/mol. The molecule has 1 heterocycles. The van der Waals surface area contributed by atoms with Crippen molar-refractivity contribution in [3.63, 3.8) is 0 Å². The molecule has 0 aromatic heterocycles. The average molecular weight is 353 g/mol. The second kappa shape index (κ2) is 8.97. The van der Waals surface area contributed by atoms with Gasteiger partial charge < -0.3 is 15.2 Å². The lowest BCUT2D eigenvalue weighted by Crippen LogP contribution is -2.43. The topological polar surface area (TPSA) is 58.6 Å². The van der Waals surface area contributed by atoms with Crippen molar-refractivity contribution in [3.05, 3.63) is 60.2 Å². The summed E-state index contributed by atoms with van der Waals surface area (Å²) in [5, 5.41) is 12.7. The van der Waals surface area contributed by atoms with Gasteiger partial charge in [0.1, 0.15) is 0 Å². The third kappa shape index (κ3) is 4.93. The monoisotopic (exact) mass is 353 g/mol. The number of hydrogen-bond acceptors (Lipinski definition) is 3. The van der Waals surface area contributed by atoms with Gasteiger partial charge in [0.2, 0.25) is 5.91 Å². The lowest BCUT2D eigenvalue weighted by Gasteiger charge is -2.35. The number of benzene rings is 2. The van der Waals surface area contributed by atoms with Crippen LogP contribution < -0.4 is 5.32 Å². The number of aliphatic hydroxyl groups excluding tert-OH is 1. The fraction of sp³-hybridized carbons (Fsp3) is 0.409. The fourth-order valence-electron chi connectivity index (χ4n) is 3.32. The van der Waals surface area contributed by atoms with Gasteiger partial charge >= 0.3 is 0 Å². The Balaban J connectivity index is 1.47. The van der Waals surface area contributed by atoms with Gasteiger partial charge in [-0.2, -0.15) is 0 Å². The molecule has 0 aliphatic carbocycles. The molecule has 1 aliphatic rings. The van der Waals surface area contributed by atoms with Gasteiger partial charge in [0, 0.05) is 31.6 Å². The zero-order chi connectivity index (χ0) is 18.2. The summed E-state index contributed by atoms with van der Waals surface area (Å²) in [6.45, 7) is 1.94. The summed E-state index contributed by atoms with van der Waals surface area (Å²) in [6, 6.07) is 18.6. The number of aryl methyl sites for hydroxylation is 1. The molecule has 1 aliphatic heterocycles. The van der Waals surface area contributed by atoms with Gasteiger partial charge in [0.25, 0.3) is 0 Å². The molecule has 1 saturated heterocycles. The summed E-state index contributed by atoms with van der Waals surface area (Å²) in [5.74, 6) is 0.0384. The maximum Gasteiger partial charge on any atom is 0.220 e. The third-order valence-corrected chi connectivity index (χ3v) is 5.25. The number of ether oxygens (including phenoxy) is 1. The molecular weight excluding hydrogens is 326 g/mol. The van der Waals surface area contributed by atoms with E-state index >= 15 is 0 Å². The van der Waals surface area contributed by atoms with E-state index in [9.17, 15) is 9.90 Å². The number of carbonyl (C=O) groups excluding carboxylic acids is 1. The molecule has 2 aromatic carbocycles. The molecule has 0 bridgehead atoms. The van der Waals surface area contributed by atoms with Crippen LogP contribution in [-0.2, 0) is 16.0 Å². The smallest absolute Gasteiger partial charge is 0.220 e. The van der Waals surface area contributed by atoms with Crippen molar-refractivity contribution in [1.82, 2.24) is 5.32 Å². The molecule has 4 heteroatoms. The van der Waals surface area contributed by atoms with Crippen molar-refractivity contribution in [2.45, 2.75) is 25.7 Å². The minimum absolute atomic E-state index is 0.0384. The molecule has 26 heavy (non-hydrogen) atoms. The van der Waals surface area contributed by atoms with E-state index in [0.29, 0.717) is 26.2 Å². The first-order chi connectivity index (χ1) is 12.7. The highest BCUT2D eigenvalue weighted by Gasteiger charge is 2.32. The second-order valence-corrected chi connectivity index (χ2v) is 7.11. The summed E-state index contributed by atoms with van der Waals surface area (Å²) < 4.78 is 5.36. The molecule has 0 spiro atoms. The molecule has 4 nitrogen and oxygen atoms in total. The Kier molecular flexibility index (Phi) is 6.42. The van der Waals surface area contributed by atoms with E-state index in [-0.39, 0.29) is 17.9 Å². The molecule has 1 fully saturated rings. The van der Waals surface area contributed by atoms with Gasteiger partial charge in [0.05, 0.1) is 6.61 Å². The molecule has 2 N–H and O–H groups in total. The highest BCUT2D eigenvalue weighted by molar-refractivity contribution is 5.76. The van der Waals surface area contributed by atoms with Crippen LogP contribution in [-0.4, -0.2) is 37.4 Å². The fourth-order valence-corrected chi connectivity index (χ4v) is 3.32. The van der Waals surface area contributed by atoms with Crippen molar-refractivity contribution in [3.8, 4) is 11.1 Å². The van der Waals surface area contributed by atoms with Crippen LogP contribution in [0, 0.1) is 5.41 Å². The first-order valence-corrected chi connectivity index (χ1v) is 9.30. The SMILES string of the molecule is O=C(CCc1ccc(-c2ccccc2)cc1)NCC1(CO)CCOCC1. The van der Waals surface area contributed by atoms with Crippen LogP contribution in [0.25, 0.3) is 11.1 Å². The van der Waals surface area contributed by atoms with E-state index in [1.165, 1.54) is 11.1 Å². The number of aliphatic hydroxyl groups is 1. The molecule has 0 radical (unpaired) electrons. The number of carbonyl (C=O) groups is 1. The molecule has 0 unspecified atom stereocenters. The summed E-state index contributed by atoms with van der Waals surface area (Å²) in [5.41, 5.74) is 3.32. The number of hydrogen-bond donors (Lipinski definition) is 2. The lowest BCUT2D eigenvalue weighted by atomic mass is 9.81. The van der Waals surface area contributed by atoms with Crippen molar-refractivity contribution in [2.75, 3.05) is 26.4 Å². The molecule has 0 atom stereocenters. The van der Waals surface area contributed by atoms with Gasteiger partial charge in [-0.25, -0.2) is 0 Å². The summed E-state index contributed by atoms with van der Waals surface area (Å²) in [7, 11) is 0. The predicted octanol–water partition coefficient (Wildman–Crippen LogP) is 3.19. The van der Waals surface area contributed by atoms with E-state index in [1.54, 1.807) is 0 Å². The van der Waals surface area contributed by atoms with Gasteiger partial charge in [-0.1, -0.05) is 54.6 Å². The molecule has 1 amide bonds.